The van der Waals surface area contributed by atoms with Crippen molar-refractivity contribution in [1.29, 1.82) is 0 Å². The van der Waals surface area contributed by atoms with Crippen LogP contribution in [0.1, 0.15) is 11.3 Å². The lowest BCUT2D eigenvalue weighted by molar-refractivity contribution is 0.298. The SMILES string of the molecule is Cc1ccc(-n2cc(Br)c(CCO)n2)cc1Cl. The first kappa shape index (κ1) is 12.6. The molecule has 0 bridgehead atoms. The summed E-state index contributed by atoms with van der Waals surface area (Å²) in [6.45, 7) is 2.05. The van der Waals surface area contributed by atoms with Gasteiger partial charge in [-0.2, -0.15) is 5.10 Å². The van der Waals surface area contributed by atoms with Crippen LogP contribution in [0.5, 0.6) is 0 Å². The normalized spacial score (nSPS) is 10.8. The summed E-state index contributed by atoms with van der Waals surface area (Å²) in [7, 11) is 0. The molecule has 3 nitrogen and oxygen atoms in total. The number of aliphatic hydroxyl groups excluding tert-OH is 1. The minimum atomic E-state index is 0.0876. The highest BCUT2D eigenvalue weighted by Gasteiger charge is 2.08. The van der Waals surface area contributed by atoms with E-state index in [1.54, 1.807) is 4.68 Å². The molecule has 0 radical (unpaired) electrons. The summed E-state index contributed by atoms with van der Waals surface area (Å²) < 4.78 is 2.64. The Bertz CT molecular complexity index is 539. The van der Waals surface area contributed by atoms with E-state index in [4.69, 9.17) is 16.7 Å². The van der Waals surface area contributed by atoms with Gasteiger partial charge in [0.2, 0.25) is 0 Å². The fraction of sp³-hybridized carbons (Fsp3) is 0.250. The van der Waals surface area contributed by atoms with Gasteiger partial charge < -0.3 is 5.11 Å². The summed E-state index contributed by atoms with van der Waals surface area (Å²) in [4.78, 5) is 0. The Morgan fingerprint density at radius 3 is 2.88 bits per heavy atom. The van der Waals surface area contributed by atoms with Crippen LogP contribution in [0, 0.1) is 6.92 Å². The molecule has 90 valence electrons. The lowest BCUT2D eigenvalue weighted by Crippen LogP contribution is -1.98. The Labute approximate surface area is 113 Å². The van der Waals surface area contributed by atoms with Crippen molar-refractivity contribution in [3.05, 3.63) is 45.1 Å². The van der Waals surface area contributed by atoms with E-state index in [-0.39, 0.29) is 6.61 Å². The number of aromatic nitrogens is 2. The third-order valence-electron chi connectivity index (χ3n) is 2.51. The van der Waals surface area contributed by atoms with Gasteiger partial charge in [0.1, 0.15) is 0 Å². The molecule has 0 atom stereocenters. The summed E-state index contributed by atoms with van der Waals surface area (Å²) in [6, 6.07) is 5.79. The molecular formula is C12H12BrClN2O. The Morgan fingerprint density at radius 2 is 2.24 bits per heavy atom. The number of rotatable bonds is 3. The molecule has 1 N–H and O–H groups in total. The largest absolute Gasteiger partial charge is 0.396 e. The maximum Gasteiger partial charge on any atom is 0.0793 e. The van der Waals surface area contributed by atoms with E-state index in [0.717, 1.165) is 26.4 Å². The van der Waals surface area contributed by atoms with Crippen molar-refractivity contribution >= 4 is 27.5 Å². The van der Waals surface area contributed by atoms with Gasteiger partial charge in [0.25, 0.3) is 0 Å². The highest BCUT2D eigenvalue weighted by Crippen LogP contribution is 2.22. The van der Waals surface area contributed by atoms with E-state index in [1.807, 2.05) is 31.3 Å². The summed E-state index contributed by atoms with van der Waals surface area (Å²) in [5.41, 5.74) is 2.78. The monoisotopic (exact) mass is 314 g/mol. The average molecular weight is 316 g/mol. The summed E-state index contributed by atoms with van der Waals surface area (Å²) in [5, 5.41) is 14.0. The molecule has 0 aliphatic carbocycles. The topological polar surface area (TPSA) is 38.0 Å². The molecule has 0 saturated heterocycles. The highest BCUT2D eigenvalue weighted by molar-refractivity contribution is 9.10. The zero-order chi connectivity index (χ0) is 12.4. The van der Waals surface area contributed by atoms with Crippen LogP contribution in [0.15, 0.2) is 28.9 Å². The van der Waals surface area contributed by atoms with Crippen LogP contribution in [-0.4, -0.2) is 21.5 Å². The zero-order valence-corrected chi connectivity index (χ0v) is 11.7. The first-order valence-electron chi connectivity index (χ1n) is 5.23. The maximum absolute atomic E-state index is 8.91. The molecule has 0 saturated carbocycles. The molecule has 0 amide bonds. The van der Waals surface area contributed by atoms with Gasteiger partial charge in [-0.1, -0.05) is 17.7 Å². The third kappa shape index (κ3) is 2.70. The van der Waals surface area contributed by atoms with Crippen LogP contribution in [-0.2, 0) is 6.42 Å². The number of aryl methyl sites for hydroxylation is 1. The molecule has 0 unspecified atom stereocenters. The highest BCUT2D eigenvalue weighted by atomic mass is 79.9. The first-order valence-corrected chi connectivity index (χ1v) is 6.40. The molecule has 1 heterocycles. The van der Waals surface area contributed by atoms with E-state index in [9.17, 15) is 0 Å². The van der Waals surface area contributed by atoms with Crippen LogP contribution in [0.2, 0.25) is 5.02 Å². The lowest BCUT2D eigenvalue weighted by atomic mass is 10.2. The lowest BCUT2D eigenvalue weighted by Gasteiger charge is -2.03. The number of halogens is 2. The molecule has 0 aliphatic heterocycles. The van der Waals surface area contributed by atoms with Crippen LogP contribution in [0.4, 0.5) is 0 Å². The zero-order valence-electron chi connectivity index (χ0n) is 9.32. The van der Waals surface area contributed by atoms with Gasteiger partial charge in [-0.05, 0) is 40.5 Å². The Morgan fingerprint density at radius 1 is 1.47 bits per heavy atom. The van der Waals surface area contributed by atoms with E-state index in [2.05, 4.69) is 21.0 Å². The van der Waals surface area contributed by atoms with Gasteiger partial charge in [-0.15, -0.1) is 0 Å². The predicted molar refractivity (Wildman–Crippen MR) is 71.8 cm³/mol. The number of aliphatic hydroxyl groups is 1. The molecule has 17 heavy (non-hydrogen) atoms. The quantitative estimate of drug-likeness (QED) is 0.945. The van der Waals surface area contributed by atoms with Crippen LogP contribution < -0.4 is 0 Å². The van der Waals surface area contributed by atoms with Gasteiger partial charge in [-0.3, -0.25) is 0 Å². The molecular weight excluding hydrogens is 304 g/mol. The third-order valence-corrected chi connectivity index (χ3v) is 3.58. The van der Waals surface area contributed by atoms with E-state index < -0.39 is 0 Å². The second kappa shape index (κ2) is 5.21. The fourth-order valence-electron chi connectivity index (χ4n) is 1.52. The standard InChI is InChI=1S/C12H12BrClN2O/c1-8-2-3-9(6-11(8)14)16-7-10(13)12(15-16)4-5-17/h2-3,6-7,17H,4-5H2,1H3. The number of hydrogen-bond acceptors (Lipinski definition) is 2. The van der Waals surface area contributed by atoms with Crippen molar-refractivity contribution in [1.82, 2.24) is 9.78 Å². The molecule has 0 spiro atoms. The Kier molecular flexibility index (Phi) is 3.86. The minimum Gasteiger partial charge on any atom is -0.396 e. The van der Waals surface area contributed by atoms with Crippen LogP contribution in [0.3, 0.4) is 0 Å². The van der Waals surface area contributed by atoms with Gasteiger partial charge in [0, 0.05) is 24.2 Å². The van der Waals surface area contributed by atoms with Gasteiger partial charge in [0.15, 0.2) is 0 Å². The second-order valence-corrected chi connectivity index (χ2v) is 5.04. The first-order chi connectivity index (χ1) is 8.11. The maximum atomic E-state index is 8.91. The van der Waals surface area contributed by atoms with Crippen molar-refractivity contribution in [3.8, 4) is 5.69 Å². The fourth-order valence-corrected chi connectivity index (χ4v) is 2.17. The number of hydrogen-bond donors (Lipinski definition) is 1. The smallest absolute Gasteiger partial charge is 0.0793 e. The molecule has 0 fully saturated rings. The van der Waals surface area contributed by atoms with Crippen molar-refractivity contribution < 1.29 is 5.11 Å². The average Bonchev–Trinajstić information content (AvgIpc) is 2.65. The van der Waals surface area contributed by atoms with Crippen molar-refractivity contribution in [2.75, 3.05) is 6.61 Å². The van der Waals surface area contributed by atoms with Gasteiger partial charge >= 0.3 is 0 Å². The summed E-state index contributed by atoms with van der Waals surface area (Å²) >= 11 is 9.50. The van der Waals surface area contributed by atoms with Crippen LogP contribution >= 0.6 is 27.5 Å². The van der Waals surface area contributed by atoms with E-state index in [1.165, 1.54) is 0 Å². The van der Waals surface area contributed by atoms with E-state index in [0.29, 0.717) is 6.42 Å². The summed E-state index contributed by atoms with van der Waals surface area (Å²) in [5.74, 6) is 0. The molecule has 0 aliphatic rings. The Hall–Kier alpha value is -0.840. The summed E-state index contributed by atoms with van der Waals surface area (Å²) in [6.07, 6.45) is 2.40. The molecule has 5 heteroatoms. The predicted octanol–water partition coefficient (Wildman–Crippen LogP) is 3.13. The van der Waals surface area contributed by atoms with Crippen LogP contribution in [0.25, 0.3) is 5.69 Å². The molecule has 1 aromatic carbocycles. The minimum absolute atomic E-state index is 0.0876. The number of benzene rings is 1. The molecule has 2 aromatic rings. The Balaban J connectivity index is 2.39. The number of nitrogens with zero attached hydrogens (tertiary/aromatic N) is 2. The molecule has 1 aromatic heterocycles. The second-order valence-electron chi connectivity index (χ2n) is 3.78. The van der Waals surface area contributed by atoms with Crippen molar-refractivity contribution in [2.45, 2.75) is 13.3 Å². The van der Waals surface area contributed by atoms with Gasteiger partial charge in [0.05, 0.1) is 15.9 Å². The molecule has 2 rings (SSSR count). The van der Waals surface area contributed by atoms with Gasteiger partial charge in [-0.25, -0.2) is 4.68 Å². The van der Waals surface area contributed by atoms with E-state index >= 15 is 0 Å². The van der Waals surface area contributed by atoms with Crippen molar-refractivity contribution in [3.63, 3.8) is 0 Å². The van der Waals surface area contributed by atoms with Crippen molar-refractivity contribution in [2.24, 2.45) is 0 Å².